The van der Waals surface area contributed by atoms with Crippen molar-refractivity contribution in [3.05, 3.63) is 93.1 Å². The smallest absolute Gasteiger partial charge is 0.295 e. The van der Waals surface area contributed by atoms with Crippen molar-refractivity contribution >= 4 is 29.1 Å². The molecule has 0 fully saturated rings. The number of nitrogens with two attached hydrogens (primary N) is 1. The van der Waals surface area contributed by atoms with Crippen molar-refractivity contribution in [2.75, 3.05) is 18.5 Å². The summed E-state index contributed by atoms with van der Waals surface area (Å²) in [7, 11) is 1.77. The predicted molar refractivity (Wildman–Crippen MR) is 164 cm³/mol. The van der Waals surface area contributed by atoms with E-state index < -0.39 is 11.0 Å². The Morgan fingerprint density at radius 1 is 1.12 bits per heavy atom. The Kier molecular flexibility index (Phi) is 9.89. The summed E-state index contributed by atoms with van der Waals surface area (Å²) in [6.45, 7) is 13.4. The standard InChI is InChI=1S/C31H40ClN5O4/c1-20-13-21(2)41-18-22(15-23(32)14-20)28(39)34-19-30(3,4)17-26(38)35-27-25(16-31(5,6)33)36(7)37(29(27)40)24-11-9-8-10-12-24/h8-15H,1,16-19,33H2,2-7H3,(H,34,39)(H,35,38)/b21-13-,22-15+,23-14?. The van der Waals surface area contributed by atoms with Gasteiger partial charge >= 0.3 is 0 Å². The summed E-state index contributed by atoms with van der Waals surface area (Å²) < 4.78 is 8.89. The minimum absolute atomic E-state index is 0.0361. The highest BCUT2D eigenvalue weighted by Crippen LogP contribution is 2.24. The largest absolute Gasteiger partial charge is 0.493 e. The van der Waals surface area contributed by atoms with Crippen LogP contribution in [-0.2, 0) is 27.8 Å². The number of benzene rings is 1. The SMILES string of the molecule is C=C1C=C(Cl)/C=C(/C(=O)NCC(C)(C)CC(=O)Nc2c(CC(C)(C)N)n(C)n(-c3ccccc3)c2=O)CO/C(C)=C\1. The molecule has 0 aliphatic carbocycles. The van der Waals surface area contributed by atoms with Crippen LogP contribution in [-0.4, -0.2) is 39.9 Å². The molecular weight excluding hydrogens is 542 g/mol. The molecule has 2 heterocycles. The third-order valence-corrected chi connectivity index (χ3v) is 6.63. The molecule has 0 radical (unpaired) electrons. The monoisotopic (exact) mass is 581 g/mol. The first-order valence-corrected chi connectivity index (χ1v) is 13.7. The molecule has 0 saturated heterocycles. The highest BCUT2D eigenvalue weighted by molar-refractivity contribution is 6.31. The minimum Gasteiger partial charge on any atom is -0.493 e. The summed E-state index contributed by atoms with van der Waals surface area (Å²) in [6, 6.07) is 9.20. The first-order valence-electron chi connectivity index (χ1n) is 13.4. The summed E-state index contributed by atoms with van der Waals surface area (Å²) in [6.07, 6.45) is 5.35. The number of hydrogen-bond donors (Lipinski definition) is 3. The van der Waals surface area contributed by atoms with Crippen LogP contribution in [0.15, 0.2) is 81.9 Å². The number of carbonyl (C=O) groups is 2. The number of halogens is 1. The molecule has 3 rings (SSSR count). The van der Waals surface area contributed by atoms with Gasteiger partial charge in [-0.25, -0.2) is 4.68 Å². The van der Waals surface area contributed by atoms with E-state index in [2.05, 4.69) is 17.2 Å². The van der Waals surface area contributed by atoms with Gasteiger partial charge in [-0.3, -0.25) is 19.1 Å². The molecule has 0 saturated carbocycles. The molecule has 4 N–H and O–H groups in total. The molecular formula is C31H40ClN5O4. The maximum Gasteiger partial charge on any atom is 0.295 e. The van der Waals surface area contributed by atoms with Crippen LogP contribution in [0.4, 0.5) is 5.69 Å². The van der Waals surface area contributed by atoms with Crippen molar-refractivity contribution in [3.8, 4) is 5.69 Å². The van der Waals surface area contributed by atoms with Crippen molar-refractivity contribution < 1.29 is 14.3 Å². The lowest BCUT2D eigenvalue weighted by Crippen LogP contribution is -2.38. The van der Waals surface area contributed by atoms with Crippen molar-refractivity contribution in [1.82, 2.24) is 14.7 Å². The molecule has 220 valence electrons. The molecule has 1 aliphatic heterocycles. The van der Waals surface area contributed by atoms with E-state index in [-0.39, 0.29) is 42.6 Å². The number of anilines is 1. The number of hydrogen-bond acceptors (Lipinski definition) is 5. The molecule has 1 aromatic carbocycles. The van der Waals surface area contributed by atoms with Gasteiger partial charge in [0.15, 0.2) is 0 Å². The second-order valence-electron chi connectivity index (χ2n) is 11.9. The number of nitrogens with one attached hydrogen (secondary N) is 2. The van der Waals surface area contributed by atoms with Gasteiger partial charge < -0.3 is 21.1 Å². The molecule has 41 heavy (non-hydrogen) atoms. The quantitative estimate of drug-likeness (QED) is 0.404. The lowest BCUT2D eigenvalue weighted by molar-refractivity contribution is -0.120. The molecule has 2 aromatic rings. The van der Waals surface area contributed by atoms with Crippen LogP contribution in [0.1, 0.15) is 46.7 Å². The molecule has 0 atom stereocenters. The number of carbonyl (C=O) groups excluding carboxylic acids is 2. The van der Waals surface area contributed by atoms with Crippen molar-refractivity contribution in [2.45, 2.75) is 53.0 Å². The van der Waals surface area contributed by atoms with E-state index in [0.29, 0.717) is 39.7 Å². The van der Waals surface area contributed by atoms with Gasteiger partial charge in [-0.05, 0) is 62.1 Å². The highest BCUT2D eigenvalue weighted by Gasteiger charge is 2.28. The van der Waals surface area contributed by atoms with E-state index in [4.69, 9.17) is 22.1 Å². The second-order valence-corrected chi connectivity index (χ2v) is 12.3. The average molecular weight is 582 g/mol. The van der Waals surface area contributed by atoms with Crippen LogP contribution in [0.5, 0.6) is 0 Å². The Balaban J connectivity index is 1.76. The number of nitrogens with zero attached hydrogens (tertiary/aromatic N) is 2. The van der Waals surface area contributed by atoms with Gasteiger partial charge in [0.1, 0.15) is 12.3 Å². The van der Waals surface area contributed by atoms with E-state index in [1.807, 2.05) is 58.0 Å². The van der Waals surface area contributed by atoms with E-state index in [1.165, 1.54) is 4.68 Å². The fraction of sp³-hybridized carbons (Fsp3) is 0.387. The topological polar surface area (TPSA) is 120 Å². The van der Waals surface area contributed by atoms with E-state index in [9.17, 15) is 14.4 Å². The van der Waals surface area contributed by atoms with E-state index in [1.54, 1.807) is 36.9 Å². The molecule has 10 heteroatoms. The van der Waals surface area contributed by atoms with Crippen molar-refractivity contribution in [2.24, 2.45) is 18.2 Å². The Hall–Kier alpha value is -3.82. The Bertz CT molecular complexity index is 1470. The zero-order valence-electron chi connectivity index (χ0n) is 24.6. The third kappa shape index (κ3) is 8.83. The summed E-state index contributed by atoms with van der Waals surface area (Å²) in [5.74, 6) is -0.0944. The normalized spacial score (nSPS) is 17.1. The van der Waals surface area contributed by atoms with E-state index in [0.717, 1.165) is 0 Å². The van der Waals surface area contributed by atoms with Gasteiger partial charge in [-0.1, -0.05) is 50.2 Å². The summed E-state index contributed by atoms with van der Waals surface area (Å²) in [5.41, 5.74) is 7.19. The Labute approximate surface area is 246 Å². The zero-order chi connectivity index (χ0) is 30.5. The number of rotatable bonds is 9. The van der Waals surface area contributed by atoms with Crippen LogP contribution in [0, 0.1) is 5.41 Å². The minimum atomic E-state index is -0.635. The fourth-order valence-corrected chi connectivity index (χ4v) is 4.75. The van der Waals surface area contributed by atoms with Crippen molar-refractivity contribution in [1.29, 1.82) is 0 Å². The third-order valence-electron chi connectivity index (χ3n) is 6.41. The van der Waals surface area contributed by atoms with Crippen LogP contribution < -0.4 is 21.9 Å². The predicted octanol–water partition coefficient (Wildman–Crippen LogP) is 4.47. The van der Waals surface area contributed by atoms with Crippen LogP contribution in [0.25, 0.3) is 5.69 Å². The zero-order valence-corrected chi connectivity index (χ0v) is 25.4. The summed E-state index contributed by atoms with van der Waals surface area (Å²) in [5, 5.41) is 6.08. The van der Waals surface area contributed by atoms with Gasteiger partial charge in [-0.2, -0.15) is 0 Å². The molecule has 9 nitrogen and oxygen atoms in total. The average Bonchev–Trinajstić information content (AvgIpc) is 3.10. The summed E-state index contributed by atoms with van der Waals surface area (Å²) >= 11 is 6.27. The first kappa shape index (κ1) is 31.7. The first-order chi connectivity index (χ1) is 19.1. The van der Waals surface area contributed by atoms with Gasteiger partial charge in [0.05, 0.1) is 22.7 Å². The Morgan fingerprint density at radius 2 is 1.78 bits per heavy atom. The van der Waals surface area contributed by atoms with Gasteiger partial charge in [-0.15, -0.1) is 0 Å². The number of aromatic nitrogens is 2. The molecule has 0 unspecified atom stereocenters. The van der Waals surface area contributed by atoms with Crippen LogP contribution in [0.2, 0.25) is 0 Å². The lowest BCUT2D eigenvalue weighted by atomic mass is 9.88. The Morgan fingerprint density at radius 3 is 2.41 bits per heavy atom. The molecule has 1 aliphatic rings. The van der Waals surface area contributed by atoms with Crippen LogP contribution in [0.3, 0.4) is 0 Å². The van der Waals surface area contributed by atoms with Gasteiger partial charge in [0.2, 0.25) is 5.91 Å². The maximum absolute atomic E-state index is 13.5. The summed E-state index contributed by atoms with van der Waals surface area (Å²) in [4.78, 5) is 39.8. The van der Waals surface area contributed by atoms with Crippen molar-refractivity contribution in [3.63, 3.8) is 0 Å². The number of allylic oxidation sites excluding steroid dienone is 6. The van der Waals surface area contributed by atoms with Gasteiger partial charge in [0, 0.05) is 37.0 Å². The fourth-order valence-electron chi connectivity index (χ4n) is 4.48. The van der Waals surface area contributed by atoms with Gasteiger partial charge in [0.25, 0.3) is 11.5 Å². The molecule has 0 spiro atoms. The highest BCUT2D eigenvalue weighted by atomic mass is 35.5. The number of ether oxygens (including phenoxy) is 1. The maximum atomic E-state index is 13.5. The number of amides is 2. The molecule has 1 aromatic heterocycles. The van der Waals surface area contributed by atoms with E-state index >= 15 is 0 Å². The second kappa shape index (κ2) is 12.8. The van der Waals surface area contributed by atoms with Crippen LogP contribution >= 0.6 is 11.6 Å². The lowest BCUT2D eigenvalue weighted by Gasteiger charge is -2.25. The molecule has 0 bridgehead atoms. The number of para-hydroxylation sites is 1. The molecule has 2 amide bonds.